The number of hydrogen-bond acceptors (Lipinski definition) is 2. The van der Waals surface area contributed by atoms with Crippen LogP contribution >= 0.6 is 0 Å². The average molecular weight is 295 g/mol. The van der Waals surface area contributed by atoms with Crippen LogP contribution in [0.5, 0.6) is 0 Å². The summed E-state index contributed by atoms with van der Waals surface area (Å²) >= 11 is 0. The van der Waals surface area contributed by atoms with Crippen molar-refractivity contribution in [3.63, 3.8) is 0 Å². The molecule has 0 aromatic rings. The molecule has 2 nitrogen and oxygen atoms in total. The van der Waals surface area contributed by atoms with Gasteiger partial charge in [-0.2, -0.15) is 0 Å². The van der Waals surface area contributed by atoms with Crippen LogP contribution in [0.4, 0.5) is 0 Å². The van der Waals surface area contributed by atoms with Crippen molar-refractivity contribution >= 4 is 0 Å². The molecule has 1 heterocycles. The van der Waals surface area contributed by atoms with E-state index in [1.807, 2.05) is 0 Å². The number of hydrogen-bond donors (Lipinski definition) is 1. The fourth-order valence-electron chi connectivity index (χ4n) is 4.22. The lowest BCUT2D eigenvalue weighted by atomic mass is 9.74. The molecule has 2 aliphatic rings. The summed E-state index contributed by atoms with van der Waals surface area (Å²) < 4.78 is 0. The van der Waals surface area contributed by atoms with E-state index in [1.165, 1.54) is 58.2 Å². The van der Waals surface area contributed by atoms with Gasteiger partial charge in [0.1, 0.15) is 0 Å². The standard InChI is InChI=1S/C19H38N2/c1-6-11-20-17-8-7-16(15(2)3)14-18(17)21-12-9-19(4,5)10-13-21/h15-18,20H,6-14H2,1-5H3. The summed E-state index contributed by atoms with van der Waals surface area (Å²) in [7, 11) is 0. The van der Waals surface area contributed by atoms with E-state index in [9.17, 15) is 0 Å². The maximum atomic E-state index is 3.86. The zero-order valence-electron chi connectivity index (χ0n) is 15.1. The molecular weight excluding hydrogens is 256 g/mol. The highest BCUT2D eigenvalue weighted by molar-refractivity contribution is 4.94. The van der Waals surface area contributed by atoms with Crippen molar-refractivity contribution in [3.8, 4) is 0 Å². The molecule has 124 valence electrons. The second-order valence-corrected chi connectivity index (χ2v) is 8.65. The molecule has 0 radical (unpaired) electrons. The molecule has 1 aliphatic heterocycles. The summed E-state index contributed by atoms with van der Waals surface area (Å²) in [5.41, 5.74) is 0.564. The maximum Gasteiger partial charge on any atom is 0.0252 e. The first-order chi connectivity index (χ1) is 9.93. The fourth-order valence-corrected chi connectivity index (χ4v) is 4.22. The molecule has 2 fully saturated rings. The minimum absolute atomic E-state index is 0.564. The predicted octanol–water partition coefficient (Wildman–Crippen LogP) is 4.30. The Balaban J connectivity index is 1.99. The van der Waals surface area contributed by atoms with Crippen LogP contribution in [0.1, 0.15) is 73.1 Å². The lowest BCUT2D eigenvalue weighted by molar-refractivity contribution is 0.0376. The van der Waals surface area contributed by atoms with Gasteiger partial charge in [-0.25, -0.2) is 0 Å². The first kappa shape index (κ1) is 17.3. The van der Waals surface area contributed by atoms with Gasteiger partial charge in [-0.05, 0) is 75.4 Å². The van der Waals surface area contributed by atoms with Crippen LogP contribution in [-0.2, 0) is 0 Å². The van der Waals surface area contributed by atoms with Crippen LogP contribution in [0, 0.1) is 17.3 Å². The third kappa shape index (κ3) is 4.69. The molecule has 3 atom stereocenters. The summed E-state index contributed by atoms with van der Waals surface area (Å²) in [4.78, 5) is 2.83. The molecule has 1 aliphatic carbocycles. The Bertz CT molecular complexity index is 301. The van der Waals surface area contributed by atoms with Gasteiger partial charge in [-0.1, -0.05) is 34.6 Å². The third-order valence-electron chi connectivity index (χ3n) is 6.08. The molecule has 1 saturated heterocycles. The minimum atomic E-state index is 0.564. The first-order valence-corrected chi connectivity index (χ1v) is 9.40. The summed E-state index contributed by atoms with van der Waals surface area (Å²) in [6, 6.07) is 1.52. The Hall–Kier alpha value is -0.0800. The van der Waals surface area contributed by atoms with Crippen molar-refractivity contribution in [3.05, 3.63) is 0 Å². The molecule has 2 rings (SSSR count). The van der Waals surface area contributed by atoms with Crippen LogP contribution in [-0.4, -0.2) is 36.6 Å². The van der Waals surface area contributed by atoms with Gasteiger partial charge in [0.2, 0.25) is 0 Å². The zero-order chi connectivity index (χ0) is 15.5. The van der Waals surface area contributed by atoms with E-state index in [1.54, 1.807) is 0 Å². The quantitative estimate of drug-likeness (QED) is 0.813. The van der Waals surface area contributed by atoms with Crippen molar-refractivity contribution in [1.82, 2.24) is 10.2 Å². The van der Waals surface area contributed by atoms with Gasteiger partial charge >= 0.3 is 0 Å². The Morgan fingerprint density at radius 1 is 1.14 bits per heavy atom. The highest BCUT2D eigenvalue weighted by Crippen LogP contribution is 2.37. The van der Waals surface area contributed by atoms with Gasteiger partial charge in [0.15, 0.2) is 0 Å². The largest absolute Gasteiger partial charge is 0.312 e. The van der Waals surface area contributed by atoms with Gasteiger partial charge in [0.25, 0.3) is 0 Å². The fraction of sp³-hybridized carbons (Fsp3) is 1.00. The molecule has 0 amide bonds. The topological polar surface area (TPSA) is 15.3 Å². The van der Waals surface area contributed by atoms with Crippen molar-refractivity contribution in [1.29, 1.82) is 0 Å². The van der Waals surface area contributed by atoms with Gasteiger partial charge < -0.3 is 5.32 Å². The molecule has 21 heavy (non-hydrogen) atoms. The SMILES string of the molecule is CCCNC1CCC(C(C)C)CC1N1CCC(C)(C)CC1. The van der Waals surface area contributed by atoms with E-state index in [2.05, 4.69) is 44.8 Å². The zero-order valence-corrected chi connectivity index (χ0v) is 15.1. The van der Waals surface area contributed by atoms with Crippen LogP contribution in [0.2, 0.25) is 0 Å². The molecule has 3 unspecified atom stereocenters. The molecule has 0 spiro atoms. The Morgan fingerprint density at radius 3 is 2.38 bits per heavy atom. The maximum absolute atomic E-state index is 3.86. The number of rotatable bonds is 5. The second kappa shape index (κ2) is 7.46. The molecule has 1 saturated carbocycles. The highest BCUT2D eigenvalue weighted by Gasteiger charge is 2.37. The summed E-state index contributed by atoms with van der Waals surface area (Å²) in [5, 5.41) is 3.86. The van der Waals surface area contributed by atoms with Crippen LogP contribution in [0.15, 0.2) is 0 Å². The third-order valence-corrected chi connectivity index (χ3v) is 6.08. The van der Waals surface area contributed by atoms with E-state index in [-0.39, 0.29) is 0 Å². The number of nitrogens with zero attached hydrogens (tertiary/aromatic N) is 1. The Kier molecular flexibility index (Phi) is 6.14. The summed E-state index contributed by atoms with van der Waals surface area (Å²) in [5.74, 6) is 1.78. The lowest BCUT2D eigenvalue weighted by Crippen LogP contribution is -2.56. The van der Waals surface area contributed by atoms with E-state index < -0.39 is 0 Å². The van der Waals surface area contributed by atoms with Crippen molar-refractivity contribution < 1.29 is 0 Å². The van der Waals surface area contributed by atoms with Crippen LogP contribution in [0.25, 0.3) is 0 Å². The summed E-state index contributed by atoms with van der Waals surface area (Å²) in [6.45, 7) is 15.8. The van der Waals surface area contributed by atoms with Crippen LogP contribution in [0.3, 0.4) is 0 Å². The predicted molar refractivity (Wildman–Crippen MR) is 92.6 cm³/mol. The Labute approximate surface area is 133 Å². The monoisotopic (exact) mass is 294 g/mol. The lowest BCUT2D eigenvalue weighted by Gasteiger charge is -2.48. The molecule has 1 N–H and O–H groups in total. The van der Waals surface area contributed by atoms with Crippen molar-refractivity contribution in [2.24, 2.45) is 17.3 Å². The normalized spacial score (nSPS) is 34.3. The summed E-state index contributed by atoms with van der Waals surface area (Å²) in [6.07, 6.45) is 8.22. The van der Waals surface area contributed by atoms with E-state index in [0.717, 1.165) is 23.9 Å². The van der Waals surface area contributed by atoms with E-state index in [4.69, 9.17) is 0 Å². The van der Waals surface area contributed by atoms with Crippen molar-refractivity contribution in [2.75, 3.05) is 19.6 Å². The number of nitrogens with one attached hydrogen (secondary N) is 1. The molecule has 0 aromatic carbocycles. The van der Waals surface area contributed by atoms with E-state index >= 15 is 0 Å². The number of piperidine rings is 1. The highest BCUT2D eigenvalue weighted by atomic mass is 15.2. The van der Waals surface area contributed by atoms with Gasteiger partial charge in [0.05, 0.1) is 0 Å². The average Bonchev–Trinajstić information content (AvgIpc) is 2.45. The van der Waals surface area contributed by atoms with Crippen LogP contribution < -0.4 is 5.32 Å². The number of likely N-dealkylation sites (tertiary alicyclic amines) is 1. The minimum Gasteiger partial charge on any atom is -0.312 e. The van der Waals surface area contributed by atoms with Gasteiger partial charge in [-0.3, -0.25) is 4.90 Å². The van der Waals surface area contributed by atoms with Gasteiger partial charge in [0, 0.05) is 12.1 Å². The second-order valence-electron chi connectivity index (χ2n) is 8.65. The van der Waals surface area contributed by atoms with E-state index in [0.29, 0.717) is 5.41 Å². The molecule has 2 heteroatoms. The first-order valence-electron chi connectivity index (χ1n) is 9.40. The molecular formula is C19H38N2. The Morgan fingerprint density at radius 2 is 1.81 bits per heavy atom. The van der Waals surface area contributed by atoms with Gasteiger partial charge in [-0.15, -0.1) is 0 Å². The van der Waals surface area contributed by atoms with Crippen molar-refractivity contribution in [2.45, 2.75) is 85.2 Å². The molecule has 0 aromatic heterocycles. The molecule has 0 bridgehead atoms. The smallest absolute Gasteiger partial charge is 0.0252 e.